The number of para-hydroxylation sites is 1. The second kappa shape index (κ2) is 6.00. The molecule has 3 aromatic carbocycles. The van der Waals surface area contributed by atoms with Gasteiger partial charge in [0.05, 0.1) is 0 Å². The smallest absolute Gasteiger partial charge is 0.123 e. The molecule has 0 aliphatic heterocycles. The first-order valence-electron chi connectivity index (χ1n) is 8.25. The van der Waals surface area contributed by atoms with Gasteiger partial charge in [-0.15, -0.1) is 0 Å². The highest BCUT2D eigenvalue weighted by atomic mass is 19.1. The quantitative estimate of drug-likeness (QED) is 0.521. The first kappa shape index (κ1) is 14.8. The lowest BCUT2D eigenvalue weighted by Gasteiger charge is -2.07. The molecule has 1 heterocycles. The zero-order valence-corrected chi connectivity index (χ0v) is 13.6. The zero-order valence-electron chi connectivity index (χ0n) is 13.6. The molecule has 2 nitrogen and oxygen atoms in total. The number of hydrogen-bond acceptors (Lipinski definition) is 1. The predicted molar refractivity (Wildman–Crippen MR) is 98.8 cm³/mol. The van der Waals surface area contributed by atoms with Crippen molar-refractivity contribution < 1.29 is 4.39 Å². The number of rotatable bonds is 4. The molecule has 0 fully saturated rings. The number of halogens is 1. The maximum absolute atomic E-state index is 13.0. The molecular weight excluding hydrogens is 299 g/mol. The van der Waals surface area contributed by atoms with E-state index in [4.69, 9.17) is 0 Å². The molecule has 4 rings (SSSR count). The Labute approximate surface area is 140 Å². The number of benzene rings is 3. The number of fused-ring (bicyclic) bond motifs is 3. The third-order valence-electron chi connectivity index (χ3n) is 4.49. The van der Waals surface area contributed by atoms with Crippen LogP contribution in [0.2, 0.25) is 0 Å². The van der Waals surface area contributed by atoms with E-state index in [-0.39, 0.29) is 5.82 Å². The van der Waals surface area contributed by atoms with E-state index in [9.17, 15) is 4.39 Å². The lowest BCUT2D eigenvalue weighted by Crippen LogP contribution is -1.99. The van der Waals surface area contributed by atoms with Gasteiger partial charge in [-0.1, -0.05) is 24.3 Å². The Morgan fingerprint density at radius 2 is 1.62 bits per heavy atom. The molecular formula is C21H19FN2. The van der Waals surface area contributed by atoms with Crippen LogP contribution in [0.1, 0.15) is 12.5 Å². The first-order chi connectivity index (χ1) is 11.8. The molecule has 0 unspecified atom stereocenters. The van der Waals surface area contributed by atoms with E-state index >= 15 is 0 Å². The van der Waals surface area contributed by atoms with Gasteiger partial charge in [0, 0.05) is 40.6 Å². The summed E-state index contributed by atoms with van der Waals surface area (Å²) in [6, 6.07) is 21.6. The van der Waals surface area contributed by atoms with Gasteiger partial charge in [0.2, 0.25) is 0 Å². The standard InChI is InChI=1S/C21H19FN2/c1-2-24-20-6-4-3-5-18(20)19-13-15(7-12-21(19)24)14-23-17-10-8-16(22)9-11-17/h3-13,23H,2,14H2,1H3. The van der Waals surface area contributed by atoms with Crippen LogP contribution in [0.5, 0.6) is 0 Å². The van der Waals surface area contributed by atoms with Crippen molar-refractivity contribution in [2.45, 2.75) is 20.0 Å². The highest BCUT2D eigenvalue weighted by Crippen LogP contribution is 2.29. The fourth-order valence-electron chi connectivity index (χ4n) is 3.32. The Bertz CT molecular complexity index is 1000. The van der Waals surface area contributed by atoms with Crippen molar-refractivity contribution in [1.82, 2.24) is 4.57 Å². The van der Waals surface area contributed by atoms with Crippen LogP contribution in [-0.4, -0.2) is 4.57 Å². The normalized spacial score (nSPS) is 11.2. The summed E-state index contributed by atoms with van der Waals surface area (Å²) in [5.74, 6) is -0.214. The Balaban J connectivity index is 1.70. The fraction of sp³-hybridized carbons (Fsp3) is 0.143. The van der Waals surface area contributed by atoms with Crippen molar-refractivity contribution in [3.8, 4) is 0 Å². The largest absolute Gasteiger partial charge is 0.381 e. The second-order valence-electron chi connectivity index (χ2n) is 5.97. The zero-order chi connectivity index (χ0) is 16.5. The molecule has 3 heteroatoms. The number of nitrogens with one attached hydrogen (secondary N) is 1. The van der Waals surface area contributed by atoms with Crippen LogP contribution in [0.4, 0.5) is 10.1 Å². The van der Waals surface area contributed by atoms with Crippen molar-refractivity contribution >= 4 is 27.5 Å². The van der Waals surface area contributed by atoms with Crippen molar-refractivity contribution in [3.63, 3.8) is 0 Å². The monoisotopic (exact) mass is 318 g/mol. The Morgan fingerprint density at radius 1 is 0.875 bits per heavy atom. The summed E-state index contributed by atoms with van der Waals surface area (Å²) in [5, 5.41) is 5.92. The third kappa shape index (κ3) is 2.52. The van der Waals surface area contributed by atoms with Crippen LogP contribution in [0, 0.1) is 5.82 Å². The minimum atomic E-state index is -0.214. The van der Waals surface area contributed by atoms with E-state index in [1.165, 1.54) is 39.5 Å². The van der Waals surface area contributed by atoms with Crippen molar-refractivity contribution in [1.29, 1.82) is 0 Å². The summed E-state index contributed by atoms with van der Waals surface area (Å²) >= 11 is 0. The van der Waals surface area contributed by atoms with Gasteiger partial charge in [-0.25, -0.2) is 4.39 Å². The highest BCUT2D eigenvalue weighted by molar-refractivity contribution is 6.08. The van der Waals surface area contributed by atoms with E-state index in [0.29, 0.717) is 6.54 Å². The van der Waals surface area contributed by atoms with Crippen LogP contribution in [0.3, 0.4) is 0 Å². The summed E-state index contributed by atoms with van der Waals surface area (Å²) in [5.41, 5.74) is 4.68. The minimum absolute atomic E-state index is 0.214. The average molecular weight is 318 g/mol. The maximum atomic E-state index is 13.0. The molecule has 0 saturated heterocycles. The Kier molecular flexibility index (Phi) is 3.69. The minimum Gasteiger partial charge on any atom is -0.381 e. The molecule has 0 saturated carbocycles. The van der Waals surface area contributed by atoms with E-state index in [1.54, 1.807) is 12.1 Å². The number of aryl methyl sites for hydroxylation is 1. The van der Waals surface area contributed by atoms with Gasteiger partial charge >= 0.3 is 0 Å². The van der Waals surface area contributed by atoms with Gasteiger partial charge < -0.3 is 9.88 Å². The highest BCUT2D eigenvalue weighted by Gasteiger charge is 2.09. The molecule has 4 aromatic rings. The van der Waals surface area contributed by atoms with E-state index in [2.05, 4.69) is 59.3 Å². The second-order valence-corrected chi connectivity index (χ2v) is 5.97. The van der Waals surface area contributed by atoms with Gasteiger partial charge in [-0.3, -0.25) is 0 Å². The number of hydrogen-bond donors (Lipinski definition) is 1. The van der Waals surface area contributed by atoms with Gasteiger partial charge in [-0.05, 0) is 55.0 Å². The molecule has 0 aliphatic rings. The molecule has 1 aromatic heterocycles. The van der Waals surface area contributed by atoms with Crippen LogP contribution in [-0.2, 0) is 13.1 Å². The van der Waals surface area contributed by atoms with E-state index in [1.807, 2.05) is 0 Å². The molecule has 0 radical (unpaired) electrons. The van der Waals surface area contributed by atoms with Gasteiger partial charge in [0.1, 0.15) is 5.82 Å². The molecule has 120 valence electrons. The Hall–Kier alpha value is -2.81. The van der Waals surface area contributed by atoms with Crippen molar-refractivity contribution in [3.05, 3.63) is 78.1 Å². The third-order valence-corrected chi connectivity index (χ3v) is 4.49. The van der Waals surface area contributed by atoms with Crippen LogP contribution in [0.25, 0.3) is 21.8 Å². The Morgan fingerprint density at radius 3 is 2.42 bits per heavy atom. The van der Waals surface area contributed by atoms with Gasteiger partial charge in [-0.2, -0.15) is 0 Å². The summed E-state index contributed by atoms with van der Waals surface area (Å²) in [7, 11) is 0. The van der Waals surface area contributed by atoms with E-state index < -0.39 is 0 Å². The predicted octanol–water partition coefficient (Wildman–Crippen LogP) is 5.57. The van der Waals surface area contributed by atoms with E-state index in [0.717, 1.165) is 12.2 Å². The first-order valence-corrected chi connectivity index (χ1v) is 8.25. The van der Waals surface area contributed by atoms with Crippen molar-refractivity contribution in [2.24, 2.45) is 0 Å². The maximum Gasteiger partial charge on any atom is 0.123 e. The molecule has 24 heavy (non-hydrogen) atoms. The van der Waals surface area contributed by atoms with Gasteiger partial charge in [0.25, 0.3) is 0 Å². The number of nitrogens with zero attached hydrogens (tertiary/aromatic N) is 1. The number of aromatic nitrogens is 1. The molecule has 1 N–H and O–H groups in total. The summed E-state index contributed by atoms with van der Waals surface area (Å²) in [6.45, 7) is 3.85. The lowest BCUT2D eigenvalue weighted by molar-refractivity contribution is 0.628. The molecule has 0 atom stereocenters. The lowest BCUT2D eigenvalue weighted by atomic mass is 10.1. The molecule has 0 aliphatic carbocycles. The molecule has 0 amide bonds. The molecule has 0 bridgehead atoms. The van der Waals surface area contributed by atoms with Crippen LogP contribution >= 0.6 is 0 Å². The summed E-state index contributed by atoms with van der Waals surface area (Å²) < 4.78 is 15.3. The average Bonchev–Trinajstić information content (AvgIpc) is 2.94. The fourth-order valence-corrected chi connectivity index (χ4v) is 3.32. The van der Waals surface area contributed by atoms with Crippen LogP contribution < -0.4 is 5.32 Å². The summed E-state index contributed by atoms with van der Waals surface area (Å²) in [6.07, 6.45) is 0. The van der Waals surface area contributed by atoms with Gasteiger partial charge in [0.15, 0.2) is 0 Å². The topological polar surface area (TPSA) is 17.0 Å². The SMILES string of the molecule is CCn1c2ccccc2c2cc(CNc3ccc(F)cc3)ccc21. The van der Waals surface area contributed by atoms with Crippen molar-refractivity contribution in [2.75, 3.05) is 5.32 Å². The molecule has 0 spiro atoms. The number of anilines is 1. The summed E-state index contributed by atoms with van der Waals surface area (Å²) in [4.78, 5) is 0. The van der Waals surface area contributed by atoms with Crippen LogP contribution in [0.15, 0.2) is 66.7 Å².